The van der Waals surface area contributed by atoms with Crippen molar-refractivity contribution >= 4 is 23.2 Å². The Labute approximate surface area is 146 Å². The van der Waals surface area contributed by atoms with E-state index < -0.39 is 0 Å². The fraction of sp³-hybridized carbons (Fsp3) is 0.278. The quantitative estimate of drug-likeness (QED) is 0.684. The van der Waals surface area contributed by atoms with Crippen LogP contribution in [0.5, 0.6) is 5.75 Å². The molecule has 128 valence electrons. The fourth-order valence-electron chi connectivity index (χ4n) is 1.96. The summed E-state index contributed by atoms with van der Waals surface area (Å²) >= 11 is 5.85. The molecule has 0 bridgehead atoms. The molecule has 0 aliphatic carbocycles. The molecule has 0 aliphatic rings. The number of hydrogen-bond donors (Lipinski definition) is 2. The van der Waals surface area contributed by atoms with E-state index in [0.29, 0.717) is 24.8 Å². The van der Waals surface area contributed by atoms with Crippen LogP contribution >= 0.6 is 11.6 Å². The number of ether oxygens (including phenoxy) is 2. The Balaban J connectivity index is 1.75. The Hall–Kier alpha value is -2.08. The second-order valence-electron chi connectivity index (χ2n) is 5.16. The van der Waals surface area contributed by atoms with Gasteiger partial charge in [-0.1, -0.05) is 23.7 Å². The lowest BCUT2D eigenvalue weighted by Gasteiger charge is -2.09. The summed E-state index contributed by atoms with van der Waals surface area (Å²) < 4.78 is 10.6. The predicted molar refractivity (Wildman–Crippen MR) is 95.6 cm³/mol. The van der Waals surface area contributed by atoms with Crippen molar-refractivity contribution in [2.75, 3.05) is 32.1 Å². The van der Waals surface area contributed by atoms with Gasteiger partial charge in [-0.15, -0.1) is 0 Å². The highest BCUT2D eigenvalue weighted by Gasteiger charge is 2.02. The van der Waals surface area contributed by atoms with E-state index in [9.17, 15) is 4.79 Å². The fourth-order valence-corrected chi connectivity index (χ4v) is 2.09. The lowest BCUT2D eigenvalue weighted by Crippen LogP contribution is -2.30. The zero-order chi connectivity index (χ0) is 17.2. The van der Waals surface area contributed by atoms with Crippen LogP contribution in [0.15, 0.2) is 48.5 Å². The molecule has 2 N–H and O–H groups in total. The minimum atomic E-state index is -0.0964. The largest absolute Gasteiger partial charge is 0.489 e. The summed E-state index contributed by atoms with van der Waals surface area (Å²) in [6.07, 6.45) is 0. The van der Waals surface area contributed by atoms with Gasteiger partial charge >= 0.3 is 0 Å². The topological polar surface area (TPSA) is 59.6 Å². The second-order valence-corrected chi connectivity index (χ2v) is 5.59. The summed E-state index contributed by atoms with van der Waals surface area (Å²) in [5.41, 5.74) is 1.77. The highest BCUT2D eigenvalue weighted by atomic mass is 35.5. The highest BCUT2D eigenvalue weighted by molar-refractivity contribution is 6.30. The molecule has 0 unspecified atom stereocenters. The minimum Gasteiger partial charge on any atom is -0.489 e. The van der Waals surface area contributed by atoms with E-state index in [2.05, 4.69) is 10.6 Å². The second kappa shape index (κ2) is 9.93. The summed E-state index contributed by atoms with van der Waals surface area (Å²) in [7, 11) is 1.62. The Morgan fingerprint density at radius 3 is 2.46 bits per heavy atom. The van der Waals surface area contributed by atoms with E-state index in [1.807, 2.05) is 48.5 Å². The van der Waals surface area contributed by atoms with E-state index in [0.717, 1.165) is 17.0 Å². The molecule has 0 spiro atoms. The van der Waals surface area contributed by atoms with Crippen LogP contribution in [0.1, 0.15) is 5.56 Å². The van der Waals surface area contributed by atoms with E-state index in [1.54, 1.807) is 7.11 Å². The highest BCUT2D eigenvalue weighted by Crippen LogP contribution is 2.17. The van der Waals surface area contributed by atoms with Crippen LogP contribution in [0, 0.1) is 0 Å². The van der Waals surface area contributed by atoms with Crippen molar-refractivity contribution in [1.82, 2.24) is 5.32 Å². The molecule has 1 amide bonds. The molecule has 0 atom stereocenters. The van der Waals surface area contributed by atoms with Gasteiger partial charge in [0.15, 0.2) is 0 Å². The van der Waals surface area contributed by atoms with Crippen LogP contribution in [0.3, 0.4) is 0 Å². The number of carbonyl (C=O) groups excluding carboxylic acids is 1. The minimum absolute atomic E-state index is 0.0964. The Bertz CT molecular complexity index is 630. The first-order valence-corrected chi connectivity index (χ1v) is 8.02. The molecule has 6 heteroatoms. The van der Waals surface area contributed by atoms with Gasteiger partial charge in [-0.2, -0.15) is 0 Å². The first-order valence-electron chi connectivity index (χ1n) is 7.64. The van der Waals surface area contributed by atoms with Crippen molar-refractivity contribution in [3.05, 3.63) is 59.1 Å². The first-order chi connectivity index (χ1) is 11.7. The molecule has 0 saturated carbocycles. The molecular weight excluding hydrogens is 328 g/mol. The summed E-state index contributed by atoms with van der Waals surface area (Å²) in [5, 5.41) is 6.51. The third-order valence-electron chi connectivity index (χ3n) is 3.23. The number of carbonyl (C=O) groups is 1. The number of rotatable bonds is 9. The Kier molecular flexibility index (Phi) is 7.55. The van der Waals surface area contributed by atoms with Crippen molar-refractivity contribution in [2.45, 2.75) is 6.61 Å². The number of halogens is 1. The zero-order valence-electron chi connectivity index (χ0n) is 13.5. The molecule has 0 fully saturated rings. The van der Waals surface area contributed by atoms with Gasteiger partial charge in [0.05, 0.1) is 13.2 Å². The normalized spacial score (nSPS) is 10.4. The summed E-state index contributed by atoms with van der Waals surface area (Å²) in [5.74, 6) is 0.641. The number of nitrogens with one attached hydrogen (secondary N) is 2. The molecule has 0 aromatic heterocycles. The maximum atomic E-state index is 11.7. The molecule has 2 aromatic carbocycles. The van der Waals surface area contributed by atoms with Gasteiger partial charge in [0, 0.05) is 24.4 Å². The van der Waals surface area contributed by atoms with Gasteiger partial charge in [-0.3, -0.25) is 4.79 Å². The molecule has 24 heavy (non-hydrogen) atoms. The molecule has 5 nitrogen and oxygen atoms in total. The van der Waals surface area contributed by atoms with E-state index in [-0.39, 0.29) is 12.5 Å². The van der Waals surface area contributed by atoms with Gasteiger partial charge in [-0.05, 0) is 42.0 Å². The molecule has 0 saturated heterocycles. The van der Waals surface area contributed by atoms with Crippen LogP contribution in [-0.4, -0.2) is 32.7 Å². The summed E-state index contributed by atoms with van der Waals surface area (Å²) in [6.45, 7) is 1.93. The molecule has 0 aliphatic heterocycles. The van der Waals surface area contributed by atoms with Crippen molar-refractivity contribution in [2.24, 2.45) is 0 Å². The number of benzene rings is 2. The van der Waals surface area contributed by atoms with Gasteiger partial charge in [-0.25, -0.2) is 0 Å². The number of amides is 1. The Morgan fingerprint density at radius 2 is 1.79 bits per heavy atom. The van der Waals surface area contributed by atoms with Gasteiger partial charge in [0.1, 0.15) is 12.4 Å². The predicted octanol–water partition coefficient (Wildman–Crippen LogP) is 3.09. The smallest absolute Gasteiger partial charge is 0.238 e. The van der Waals surface area contributed by atoms with E-state index in [1.165, 1.54) is 0 Å². The zero-order valence-corrected chi connectivity index (χ0v) is 14.3. The SMILES string of the molecule is COCCNCC(=O)Nc1ccc(OCc2ccc(Cl)cc2)cc1. The van der Waals surface area contributed by atoms with Gasteiger partial charge in [0.2, 0.25) is 5.91 Å². The van der Waals surface area contributed by atoms with Crippen molar-refractivity contribution in [1.29, 1.82) is 0 Å². The molecular formula is C18H21ClN2O3. The van der Waals surface area contributed by atoms with Crippen molar-refractivity contribution in [3.63, 3.8) is 0 Å². The van der Waals surface area contributed by atoms with Crippen LogP contribution in [0.25, 0.3) is 0 Å². The first kappa shape index (κ1) is 18.3. The monoisotopic (exact) mass is 348 g/mol. The van der Waals surface area contributed by atoms with Crippen LogP contribution < -0.4 is 15.4 Å². The van der Waals surface area contributed by atoms with Crippen molar-refractivity contribution < 1.29 is 14.3 Å². The summed E-state index contributed by atoms with van der Waals surface area (Å²) in [6, 6.07) is 14.8. The third kappa shape index (κ3) is 6.58. The maximum Gasteiger partial charge on any atom is 0.238 e. The van der Waals surface area contributed by atoms with Crippen LogP contribution in [0.4, 0.5) is 5.69 Å². The molecule has 2 aromatic rings. The number of hydrogen-bond acceptors (Lipinski definition) is 4. The van der Waals surface area contributed by atoms with Gasteiger partial charge in [0.25, 0.3) is 0 Å². The van der Waals surface area contributed by atoms with Crippen LogP contribution in [0.2, 0.25) is 5.02 Å². The average molecular weight is 349 g/mol. The maximum absolute atomic E-state index is 11.7. The van der Waals surface area contributed by atoms with Crippen LogP contribution in [-0.2, 0) is 16.1 Å². The molecule has 0 heterocycles. The lowest BCUT2D eigenvalue weighted by molar-refractivity contribution is -0.115. The Morgan fingerprint density at radius 1 is 1.08 bits per heavy atom. The average Bonchev–Trinajstić information content (AvgIpc) is 2.59. The van der Waals surface area contributed by atoms with Crippen molar-refractivity contribution in [3.8, 4) is 5.75 Å². The lowest BCUT2D eigenvalue weighted by atomic mass is 10.2. The third-order valence-corrected chi connectivity index (χ3v) is 3.48. The number of methoxy groups -OCH3 is 1. The standard InChI is InChI=1S/C18H21ClN2O3/c1-23-11-10-20-12-18(22)21-16-6-8-17(9-7-16)24-13-14-2-4-15(19)5-3-14/h2-9,20H,10-13H2,1H3,(H,21,22). The molecule has 0 radical (unpaired) electrons. The van der Waals surface area contributed by atoms with Gasteiger partial charge < -0.3 is 20.1 Å². The molecule has 2 rings (SSSR count). The summed E-state index contributed by atoms with van der Waals surface area (Å²) in [4.78, 5) is 11.7. The van der Waals surface area contributed by atoms with E-state index >= 15 is 0 Å². The van der Waals surface area contributed by atoms with E-state index in [4.69, 9.17) is 21.1 Å². The number of anilines is 1.